The van der Waals surface area contributed by atoms with E-state index in [2.05, 4.69) is 114 Å². The second-order valence-electron chi connectivity index (χ2n) is 11.7. The van der Waals surface area contributed by atoms with Gasteiger partial charge in [-0.1, -0.05) is 136 Å². The molecule has 0 aliphatic rings. The maximum Gasteiger partial charge on any atom is 0.261 e. The third-order valence-electron chi connectivity index (χ3n) is 7.77. The minimum atomic E-state index is -2.74. The minimum absolute atomic E-state index is 0.132. The van der Waals surface area contributed by atoms with Crippen LogP contribution in [0.3, 0.4) is 0 Å². The predicted molar refractivity (Wildman–Crippen MR) is 172 cm³/mol. The first-order valence-corrected chi connectivity index (χ1v) is 16.0. The minimum Gasteiger partial charge on any atom is -0.494 e. The molecule has 4 rings (SSSR count). The van der Waals surface area contributed by atoms with Crippen molar-refractivity contribution in [2.45, 2.75) is 45.2 Å². The molecule has 0 unspecified atom stereocenters. The van der Waals surface area contributed by atoms with Crippen molar-refractivity contribution in [3.63, 3.8) is 0 Å². The van der Waals surface area contributed by atoms with Crippen molar-refractivity contribution in [1.29, 1.82) is 0 Å². The predicted octanol–water partition coefficient (Wildman–Crippen LogP) is 6.19. The fourth-order valence-electron chi connectivity index (χ4n) is 5.61. The Morgan fingerprint density at radius 3 is 1.80 bits per heavy atom. The van der Waals surface area contributed by atoms with E-state index in [0.29, 0.717) is 28.6 Å². The molecule has 40 heavy (non-hydrogen) atoms. The molecular weight excluding hydrogens is 530 g/mol. The van der Waals surface area contributed by atoms with Gasteiger partial charge >= 0.3 is 0 Å². The third kappa shape index (κ3) is 5.90. The molecule has 0 bridgehead atoms. The first-order valence-electron chi connectivity index (χ1n) is 13.7. The fraction of sp³-hybridized carbons (Fsp3) is 0.257. The summed E-state index contributed by atoms with van der Waals surface area (Å²) in [7, 11) is -2.74. The lowest BCUT2D eigenvalue weighted by Crippen LogP contribution is -2.67. The highest BCUT2D eigenvalue weighted by Gasteiger charge is 2.50. The van der Waals surface area contributed by atoms with Gasteiger partial charge < -0.3 is 14.4 Å². The van der Waals surface area contributed by atoms with Crippen LogP contribution in [0.1, 0.15) is 40.2 Å². The van der Waals surface area contributed by atoms with Crippen LogP contribution in [0.5, 0.6) is 0 Å². The Bertz CT molecular complexity index is 1480. The molecule has 208 valence electrons. The molecule has 4 aromatic carbocycles. The van der Waals surface area contributed by atoms with E-state index in [0.717, 1.165) is 5.56 Å². The summed E-state index contributed by atoms with van der Waals surface area (Å²) in [5.41, 5.74) is 0.536. The molecule has 0 fully saturated rings. The smallest absolute Gasteiger partial charge is 0.261 e. The molecule has 0 atom stereocenters. The highest BCUT2D eigenvalue weighted by molar-refractivity contribution is 6.99. The maximum atomic E-state index is 11.8. The Morgan fingerprint density at radius 1 is 0.800 bits per heavy atom. The molecule has 0 heterocycles. The zero-order chi connectivity index (χ0) is 29.0. The average molecular weight is 570 g/mol. The molecule has 3 nitrogen and oxygen atoms in total. The molecule has 0 aliphatic carbocycles. The Kier molecular flexibility index (Phi) is 8.94. The van der Waals surface area contributed by atoms with Gasteiger partial charge in [-0.2, -0.15) is 0 Å². The van der Waals surface area contributed by atoms with Crippen molar-refractivity contribution in [2.75, 3.05) is 13.2 Å². The first-order chi connectivity index (χ1) is 19.0. The largest absolute Gasteiger partial charge is 0.494 e. The second-order valence-corrected chi connectivity index (χ2v) is 16.5. The van der Waals surface area contributed by atoms with Gasteiger partial charge in [0.05, 0.1) is 12.1 Å². The van der Waals surface area contributed by atoms with Crippen LogP contribution in [0.15, 0.2) is 109 Å². The van der Waals surface area contributed by atoms with Crippen LogP contribution < -0.4 is 20.8 Å². The Balaban J connectivity index is 1.81. The van der Waals surface area contributed by atoms with Gasteiger partial charge in [0.15, 0.2) is 5.88 Å². The van der Waals surface area contributed by atoms with Gasteiger partial charge in [0.25, 0.3) is 8.32 Å². The molecule has 4 aromatic rings. The van der Waals surface area contributed by atoms with E-state index < -0.39 is 13.9 Å². The van der Waals surface area contributed by atoms with Gasteiger partial charge in [0.1, 0.15) is 0 Å². The molecule has 1 N–H and O–H groups in total. The van der Waals surface area contributed by atoms with E-state index in [1.165, 1.54) is 10.4 Å². The molecule has 0 spiro atoms. The zero-order valence-corrected chi connectivity index (χ0v) is 26.0. The Hall–Kier alpha value is -3.31. The van der Waals surface area contributed by atoms with Crippen LogP contribution >= 0.6 is 11.6 Å². The highest BCUT2D eigenvalue weighted by atomic mass is 35.5. The summed E-state index contributed by atoms with van der Waals surface area (Å²) in [5, 5.41) is 16.0. The molecular formula is C35H40ClNO2Si. The SMILES string of the molecule is C=c1ccc(Cl)c/c1=C(/O)N(CCO[Si](c1ccccc1)(c1ccccc1)C(C)(C)C)C(C)(C)c1ccccc1. The average Bonchev–Trinajstić information content (AvgIpc) is 2.95. The van der Waals surface area contributed by atoms with E-state index in [1.54, 1.807) is 12.1 Å². The number of hydrogen-bond donors (Lipinski definition) is 1. The lowest BCUT2D eigenvalue weighted by molar-refractivity contribution is 0.122. The standard InChI is InChI=1S/C35H40ClNO2Si/c1-27-22-23-29(36)26-32(27)33(38)37(35(5,6)28-16-10-7-11-17-28)24-25-39-40(34(2,3)4,30-18-12-8-13-19-30)31-20-14-9-15-21-31/h7-23,26,38H,1,24-25H2,2-6H3/b33-32-. The molecule has 0 saturated carbocycles. The van der Waals surface area contributed by atoms with E-state index in [-0.39, 0.29) is 10.9 Å². The Labute approximate surface area is 245 Å². The summed E-state index contributed by atoms with van der Waals surface area (Å²) < 4.78 is 7.20. The number of benzene rings is 4. The first kappa shape index (κ1) is 29.7. The maximum absolute atomic E-state index is 11.8. The van der Waals surface area contributed by atoms with E-state index in [9.17, 15) is 5.11 Å². The van der Waals surface area contributed by atoms with E-state index in [4.69, 9.17) is 16.0 Å². The second kappa shape index (κ2) is 12.1. The molecule has 0 aromatic heterocycles. The summed E-state index contributed by atoms with van der Waals surface area (Å²) in [6, 6.07) is 36.9. The van der Waals surface area contributed by atoms with Crippen LogP contribution in [-0.2, 0) is 9.96 Å². The summed E-state index contributed by atoms with van der Waals surface area (Å²) in [5.74, 6) is 0.132. The number of hydrogen-bond acceptors (Lipinski definition) is 3. The fourth-order valence-corrected chi connectivity index (χ4v) is 10.3. The number of halogens is 1. The third-order valence-corrected chi connectivity index (χ3v) is 13.1. The zero-order valence-electron chi connectivity index (χ0n) is 24.2. The van der Waals surface area contributed by atoms with Crippen molar-refractivity contribution in [1.82, 2.24) is 4.90 Å². The van der Waals surface area contributed by atoms with Gasteiger partial charge in [-0.05, 0) is 52.2 Å². The molecule has 5 heteroatoms. The van der Waals surface area contributed by atoms with Gasteiger partial charge in [-0.15, -0.1) is 0 Å². The van der Waals surface area contributed by atoms with Crippen molar-refractivity contribution in [3.05, 3.63) is 130 Å². The topological polar surface area (TPSA) is 32.7 Å². The van der Waals surface area contributed by atoms with Crippen LogP contribution in [0.25, 0.3) is 12.5 Å². The molecule has 0 saturated heterocycles. The number of nitrogens with zero attached hydrogens (tertiary/aromatic N) is 1. The van der Waals surface area contributed by atoms with Gasteiger partial charge in [-0.25, -0.2) is 0 Å². The number of aliphatic hydroxyl groups is 1. The van der Waals surface area contributed by atoms with Gasteiger partial charge in [0.2, 0.25) is 0 Å². The number of rotatable bonds is 9. The Morgan fingerprint density at radius 2 is 1.30 bits per heavy atom. The number of aliphatic hydroxyl groups excluding tert-OH is 1. The summed E-state index contributed by atoms with van der Waals surface area (Å²) in [6.45, 7) is 16.1. The summed E-state index contributed by atoms with van der Waals surface area (Å²) in [4.78, 5) is 2.01. The highest BCUT2D eigenvalue weighted by Crippen LogP contribution is 2.37. The monoisotopic (exact) mass is 569 g/mol. The van der Waals surface area contributed by atoms with Crippen LogP contribution in [0.2, 0.25) is 10.1 Å². The van der Waals surface area contributed by atoms with Crippen molar-refractivity contribution < 1.29 is 9.53 Å². The van der Waals surface area contributed by atoms with Crippen LogP contribution in [0.4, 0.5) is 0 Å². The van der Waals surface area contributed by atoms with Crippen molar-refractivity contribution >= 4 is 42.8 Å². The quantitative estimate of drug-likeness (QED) is 0.244. The van der Waals surface area contributed by atoms with E-state index >= 15 is 0 Å². The van der Waals surface area contributed by atoms with Crippen LogP contribution in [0, 0.1) is 0 Å². The summed E-state index contributed by atoms with van der Waals surface area (Å²) >= 11 is 6.36. The van der Waals surface area contributed by atoms with Crippen molar-refractivity contribution in [3.8, 4) is 0 Å². The van der Waals surface area contributed by atoms with Crippen molar-refractivity contribution in [2.24, 2.45) is 0 Å². The molecule has 0 aliphatic heterocycles. The normalized spacial score (nSPS) is 13.2. The lowest BCUT2D eigenvalue weighted by atomic mass is 9.92. The molecule has 0 radical (unpaired) electrons. The lowest BCUT2D eigenvalue weighted by Gasteiger charge is -2.45. The van der Waals surface area contributed by atoms with Gasteiger partial charge in [-0.3, -0.25) is 0 Å². The van der Waals surface area contributed by atoms with E-state index in [1.807, 2.05) is 29.2 Å². The summed E-state index contributed by atoms with van der Waals surface area (Å²) in [6.07, 6.45) is 0. The molecule has 0 amide bonds. The van der Waals surface area contributed by atoms with Crippen LogP contribution in [-0.4, -0.2) is 31.5 Å². The van der Waals surface area contributed by atoms with Gasteiger partial charge in [0, 0.05) is 16.8 Å².